The highest BCUT2D eigenvalue weighted by Gasteiger charge is 2.38. The molecule has 0 N–H and O–H groups in total. The molecule has 1 aliphatic heterocycles. The van der Waals surface area contributed by atoms with E-state index < -0.39 is 0 Å². The van der Waals surface area contributed by atoms with Crippen LogP contribution in [0.2, 0.25) is 0 Å². The second-order valence-electron chi connectivity index (χ2n) is 8.45. The van der Waals surface area contributed by atoms with Gasteiger partial charge in [-0.1, -0.05) is 74.7 Å². The van der Waals surface area contributed by atoms with Crippen molar-refractivity contribution in [2.45, 2.75) is 70.8 Å². The van der Waals surface area contributed by atoms with E-state index in [0.29, 0.717) is 5.92 Å². The zero-order chi connectivity index (χ0) is 19.7. The monoisotopic (exact) mass is 392 g/mol. The number of hydrogen-bond donors (Lipinski definition) is 0. The van der Waals surface area contributed by atoms with Gasteiger partial charge in [-0.3, -0.25) is 0 Å². The number of benzene rings is 2. The topological polar surface area (TPSA) is 9.23 Å². The summed E-state index contributed by atoms with van der Waals surface area (Å²) < 4.78 is 6.75. The van der Waals surface area contributed by atoms with E-state index in [9.17, 15) is 0 Å². The molecule has 2 aliphatic rings. The highest BCUT2D eigenvalue weighted by Crippen LogP contribution is 2.46. The van der Waals surface area contributed by atoms with E-state index >= 15 is 0 Å². The Bertz CT molecular complexity index is 882. The van der Waals surface area contributed by atoms with E-state index in [1.54, 1.807) is 0 Å². The van der Waals surface area contributed by atoms with E-state index in [1.165, 1.54) is 51.3 Å². The molecule has 1 heterocycles. The molecule has 4 rings (SSSR count). The van der Waals surface area contributed by atoms with Crippen molar-refractivity contribution < 1.29 is 4.74 Å². The van der Waals surface area contributed by atoms with Crippen LogP contribution in [-0.2, 0) is 12.8 Å². The maximum Gasteiger partial charge on any atom is 0.127 e. The quantitative estimate of drug-likeness (QED) is 0.497. The van der Waals surface area contributed by atoms with E-state index in [-0.39, 0.29) is 6.10 Å². The Balaban J connectivity index is 1.62. The Morgan fingerprint density at radius 3 is 2.68 bits per heavy atom. The number of rotatable bonds is 6. The summed E-state index contributed by atoms with van der Waals surface area (Å²) in [7, 11) is 0. The van der Waals surface area contributed by atoms with Gasteiger partial charge in [0.2, 0.25) is 0 Å². The minimum absolute atomic E-state index is 0.181. The van der Waals surface area contributed by atoms with Crippen molar-refractivity contribution in [3.8, 4) is 5.75 Å². The Hall–Kier alpha value is -1.67. The van der Waals surface area contributed by atoms with Gasteiger partial charge in [0.1, 0.15) is 11.9 Å². The molecule has 3 atom stereocenters. The van der Waals surface area contributed by atoms with Crippen molar-refractivity contribution >= 4 is 11.8 Å². The molecule has 0 fully saturated rings. The molecule has 0 aromatic heterocycles. The average Bonchev–Trinajstić information content (AvgIpc) is 3.05. The number of allylic oxidation sites excluding steroid dienone is 2. The highest BCUT2D eigenvalue weighted by atomic mass is 32.2. The minimum atomic E-state index is 0.181. The summed E-state index contributed by atoms with van der Waals surface area (Å²) in [4.78, 5) is 2.83. The van der Waals surface area contributed by atoms with Gasteiger partial charge in [0, 0.05) is 10.8 Å². The first-order valence-corrected chi connectivity index (χ1v) is 11.6. The maximum atomic E-state index is 6.75. The smallest absolute Gasteiger partial charge is 0.127 e. The van der Waals surface area contributed by atoms with Crippen LogP contribution in [-0.4, -0.2) is 0 Å². The molecule has 2 aromatic carbocycles. The van der Waals surface area contributed by atoms with Gasteiger partial charge in [-0.05, 0) is 72.4 Å². The SMILES string of the molecule is CCCC(CC)C1Cc2ccccc2C1Oc1ccc2c(c1)CC(C)=C(C)S2. The Labute approximate surface area is 174 Å². The van der Waals surface area contributed by atoms with E-state index in [4.69, 9.17) is 4.74 Å². The third kappa shape index (κ3) is 3.76. The molecule has 28 heavy (non-hydrogen) atoms. The lowest BCUT2D eigenvalue weighted by Gasteiger charge is -2.29. The molecule has 0 spiro atoms. The molecule has 0 radical (unpaired) electrons. The van der Waals surface area contributed by atoms with Crippen LogP contribution in [0, 0.1) is 11.8 Å². The Kier molecular flexibility index (Phi) is 5.87. The molecule has 3 unspecified atom stereocenters. The van der Waals surface area contributed by atoms with Crippen molar-refractivity contribution in [3.05, 3.63) is 69.6 Å². The molecule has 0 saturated heterocycles. The van der Waals surface area contributed by atoms with Crippen LogP contribution in [0.5, 0.6) is 5.75 Å². The van der Waals surface area contributed by atoms with Gasteiger partial charge in [-0.25, -0.2) is 0 Å². The summed E-state index contributed by atoms with van der Waals surface area (Å²) in [6.45, 7) is 9.12. The van der Waals surface area contributed by atoms with Crippen molar-refractivity contribution in [2.24, 2.45) is 11.8 Å². The van der Waals surface area contributed by atoms with E-state index in [1.807, 2.05) is 11.8 Å². The largest absolute Gasteiger partial charge is 0.485 e. The first-order chi connectivity index (χ1) is 13.6. The summed E-state index contributed by atoms with van der Waals surface area (Å²) >= 11 is 1.90. The van der Waals surface area contributed by atoms with Gasteiger partial charge in [0.05, 0.1) is 0 Å². The number of hydrogen-bond acceptors (Lipinski definition) is 2. The summed E-state index contributed by atoms with van der Waals surface area (Å²) in [5, 5.41) is 0. The fraction of sp³-hybridized carbons (Fsp3) is 0.462. The Morgan fingerprint density at radius 2 is 1.89 bits per heavy atom. The molecular formula is C26H32OS. The second kappa shape index (κ2) is 8.37. The Morgan fingerprint density at radius 1 is 1.07 bits per heavy atom. The zero-order valence-electron chi connectivity index (χ0n) is 17.6. The third-order valence-corrected chi connectivity index (χ3v) is 7.88. The van der Waals surface area contributed by atoms with Gasteiger partial charge < -0.3 is 4.74 Å². The number of fused-ring (bicyclic) bond motifs is 2. The average molecular weight is 393 g/mol. The van der Waals surface area contributed by atoms with Crippen molar-refractivity contribution in [1.82, 2.24) is 0 Å². The van der Waals surface area contributed by atoms with E-state index in [2.05, 4.69) is 70.2 Å². The van der Waals surface area contributed by atoms with Crippen molar-refractivity contribution in [2.75, 3.05) is 0 Å². The fourth-order valence-corrected chi connectivity index (χ4v) is 5.90. The molecule has 0 saturated carbocycles. The molecule has 2 heteroatoms. The number of ether oxygens (including phenoxy) is 1. The summed E-state index contributed by atoms with van der Waals surface area (Å²) in [5.41, 5.74) is 5.78. The van der Waals surface area contributed by atoms with Crippen LogP contribution in [0.1, 0.15) is 69.8 Å². The zero-order valence-corrected chi connectivity index (χ0v) is 18.4. The third-order valence-electron chi connectivity index (χ3n) is 6.61. The molecule has 1 aliphatic carbocycles. The molecule has 148 valence electrons. The van der Waals surface area contributed by atoms with E-state index in [0.717, 1.165) is 24.5 Å². The fourth-order valence-electron chi connectivity index (χ4n) is 4.92. The van der Waals surface area contributed by atoms with Crippen molar-refractivity contribution in [1.29, 1.82) is 0 Å². The molecule has 0 bridgehead atoms. The molecular weight excluding hydrogens is 360 g/mol. The van der Waals surface area contributed by atoms with Gasteiger partial charge in [0.25, 0.3) is 0 Å². The number of thioether (sulfide) groups is 1. The van der Waals surface area contributed by atoms with Crippen LogP contribution in [0.25, 0.3) is 0 Å². The predicted octanol–water partition coefficient (Wildman–Crippen LogP) is 7.75. The van der Waals surface area contributed by atoms with Crippen LogP contribution in [0.15, 0.2) is 57.8 Å². The van der Waals surface area contributed by atoms with Crippen LogP contribution in [0.3, 0.4) is 0 Å². The summed E-state index contributed by atoms with van der Waals surface area (Å²) in [6, 6.07) is 15.6. The van der Waals surface area contributed by atoms with Gasteiger partial charge in [-0.2, -0.15) is 0 Å². The lowest BCUT2D eigenvalue weighted by molar-refractivity contribution is 0.103. The van der Waals surface area contributed by atoms with Crippen molar-refractivity contribution in [3.63, 3.8) is 0 Å². The normalized spacial score (nSPS) is 22.0. The molecule has 1 nitrogen and oxygen atoms in total. The van der Waals surface area contributed by atoms with Gasteiger partial charge in [0.15, 0.2) is 0 Å². The standard InChI is InChI=1S/C26H32OS/c1-5-9-19(6-2)24-16-20-10-7-8-11-23(20)26(24)27-22-12-13-25-21(15-22)14-17(3)18(4)28-25/h7-8,10-13,15,19,24,26H,5-6,9,14,16H2,1-4H3. The lowest BCUT2D eigenvalue weighted by Crippen LogP contribution is -2.23. The first kappa shape index (κ1) is 19.6. The van der Waals surface area contributed by atoms with Crippen LogP contribution in [0.4, 0.5) is 0 Å². The molecule has 2 aromatic rings. The van der Waals surface area contributed by atoms with Crippen LogP contribution >= 0.6 is 11.8 Å². The van der Waals surface area contributed by atoms with Gasteiger partial charge >= 0.3 is 0 Å². The summed E-state index contributed by atoms with van der Waals surface area (Å²) in [6.07, 6.45) is 6.15. The highest BCUT2D eigenvalue weighted by molar-refractivity contribution is 8.03. The van der Waals surface area contributed by atoms with Gasteiger partial charge in [-0.15, -0.1) is 0 Å². The minimum Gasteiger partial charge on any atom is -0.485 e. The first-order valence-electron chi connectivity index (χ1n) is 10.8. The van der Waals surface area contributed by atoms with Crippen LogP contribution < -0.4 is 4.74 Å². The lowest BCUT2D eigenvalue weighted by atomic mass is 9.83. The molecule has 0 amide bonds. The second-order valence-corrected chi connectivity index (χ2v) is 9.70. The maximum absolute atomic E-state index is 6.75. The summed E-state index contributed by atoms with van der Waals surface area (Å²) in [5.74, 6) is 2.34. The predicted molar refractivity (Wildman–Crippen MR) is 120 cm³/mol.